The van der Waals surface area contributed by atoms with Gasteiger partial charge < -0.3 is 0 Å². The molecule has 0 bridgehead atoms. The third-order valence-electron chi connectivity index (χ3n) is 3.52. The van der Waals surface area contributed by atoms with E-state index in [1.165, 1.54) is 16.4 Å². The van der Waals surface area contributed by atoms with Crippen LogP contribution in [0.5, 0.6) is 0 Å². The Morgan fingerprint density at radius 3 is 2.30 bits per heavy atom. The van der Waals surface area contributed by atoms with Gasteiger partial charge in [-0.3, -0.25) is 4.31 Å². The van der Waals surface area contributed by atoms with Gasteiger partial charge in [-0.2, -0.15) is 8.42 Å². The number of hydrogen-bond acceptors (Lipinski definition) is 2. The minimum absolute atomic E-state index is 0.248. The summed E-state index contributed by atoms with van der Waals surface area (Å²) in [5, 5.41) is 0.634. The van der Waals surface area contributed by atoms with Crippen LogP contribution >= 0.6 is 15.9 Å². The smallest absolute Gasteiger partial charge is 0.251 e. The average Bonchev–Trinajstić information content (AvgIpc) is 2.75. The van der Waals surface area contributed by atoms with Crippen LogP contribution in [0.4, 0.5) is 25.8 Å². The van der Waals surface area contributed by atoms with E-state index < -0.39 is 21.8 Å². The molecule has 0 aromatic heterocycles. The number of alkyl halides is 1. The number of fused-ring (bicyclic) bond motifs is 1. The number of para-hydroxylation sites is 2. The first-order valence-electron chi connectivity index (χ1n) is 6.90. The van der Waals surface area contributed by atoms with Crippen molar-refractivity contribution in [2.75, 3.05) is 20.5 Å². The van der Waals surface area contributed by atoms with Gasteiger partial charge in [-0.25, -0.2) is 13.1 Å². The Kier molecular flexibility index (Phi) is 4.29. The molecule has 23 heavy (non-hydrogen) atoms. The van der Waals surface area contributed by atoms with Gasteiger partial charge in [0.25, 0.3) is 0 Å². The zero-order valence-electron chi connectivity index (χ0n) is 11.9. The summed E-state index contributed by atoms with van der Waals surface area (Å²) in [6, 6.07) is 10.1. The van der Waals surface area contributed by atoms with Crippen molar-refractivity contribution in [2.45, 2.75) is 6.42 Å². The van der Waals surface area contributed by atoms with Gasteiger partial charge in [-0.05, 0) is 30.7 Å². The topological polar surface area (TPSA) is 40.6 Å². The second-order valence-corrected chi connectivity index (χ2v) is 7.44. The minimum Gasteiger partial charge on any atom is -0.251 e. The zero-order chi connectivity index (χ0) is 16.6. The molecule has 4 nitrogen and oxygen atoms in total. The number of hydrogen-bond donors (Lipinski definition) is 0. The van der Waals surface area contributed by atoms with E-state index in [4.69, 9.17) is 0 Å². The molecule has 8 heteroatoms. The Balaban J connectivity index is 2.19. The van der Waals surface area contributed by atoms with E-state index in [9.17, 15) is 17.2 Å². The fourth-order valence-corrected chi connectivity index (χ4v) is 4.54. The molecule has 0 N–H and O–H groups in total. The molecule has 1 aliphatic rings. The van der Waals surface area contributed by atoms with Crippen LogP contribution in [0.3, 0.4) is 0 Å². The molecular formula is C15H13BrF2N2O2S. The van der Waals surface area contributed by atoms with Crippen molar-refractivity contribution in [2.24, 2.45) is 0 Å². The third-order valence-corrected chi connectivity index (χ3v) is 5.88. The van der Waals surface area contributed by atoms with Crippen molar-refractivity contribution >= 4 is 43.2 Å². The monoisotopic (exact) mass is 402 g/mol. The van der Waals surface area contributed by atoms with Crippen LogP contribution in [0.15, 0.2) is 42.5 Å². The van der Waals surface area contributed by atoms with E-state index in [2.05, 4.69) is 15.9 Å². The summed E-state index contributed by atoms with van der Waals surface area (Å²) in [7, 11) is -4.01. The molecule has 0 fully saturated rings. The van der Waals surface area contributed by atoms with E-state index in [1.54, 1.807) is 24.3 Å². The first kappa shape index (κ1) is 16.2. The SMILES string of the molecule is O=S1(=O)N(CCCBr)c2ccccc2N1c1cccc(F)c1F. The first-order chi connectivity index (χ1) is 11.0. The van der Waals surface area contributed by atoms with Crippen LogP contribution in [0.25, 0.3) is 0 Å². The lowest BCUT2D eigenvalue weighted by molar-refractivity contribution is 0.510. The second kappa shape index (κ2) is 6.09. The van der Waals surface area contributed by atoms with E-state index in [1.807, 2.05) is 0 Å². The Labute approximate surface area is 141 Å². The van der Waals surface area contributed by atoms with Crippen molar-refractivity contribution in [3.05, 3.63) is 54.1 Å². The van der Waals surface area contributed by atoms with Crippen molar-refractivity contribution in [1.82, 2.24) is 0 Å². The fraction of sp³-hybridized carbons (Fsp3) is 0.200. The lowest BCUT2D eigenvalue weighted by Crippen LogP contribution is -2.36. The summed E-state index contributed by atoms with van der Waals surface area (Å²) >= 11 is 3.27. The van der Waals surface area contributed by atoms with Gasteiger partial charge in [-0.15, -0.1) is 0 Å². The molecule has 0 atom stereocenters. The molecule has 1 aliphatic heterocycles. The Morgan fingerprint density at radius 2 is 1.61 bits per heavy atom. The molecule has 0 unspecified atom stereocenters. The predicted molar refractivity (Wildman–Crippen MR) is 89.6 cm³/mol. The average molecular weight is 403 g/mol. The van der Waals surface area contributed by atoms with Crippen LogP contribution < -0.4 is 8.61 Å². The predicted octanol–water partition coefficient (Wildman–Crippen LogP) is 3.95. The summed E-state index contributed by atoms with van der Waals surface area (Å²) in [4.78, 5) is 0. The van der Waals surface area contributed by atoms with E-state index >= 15 is 0 Å². The van der Waals surface area contributed by atoms with E-state index in [-0.39, 0.29) is 12.2 Å². The Morgan fingerprint density at radius 1 is 0.957 bits per heavy atom. The highest BCUT2D eigenvalue weighted by molar-refractivity contribution is 9.09. The quantitative estimate of drug-likeness (QED) is 0.726. The molecule has 3 rings (SSSR count). The highest BCUT2D eigenvalue weighted by Gasteiger charge is 2.42. The highest BCUT2D eigenvalue weighted by Crippen LogP contribution is 2.46. The molecule has 0 saturated carbocycles. The van der Waals surface area contributed by atoms with Gasteiger partial charge in [0.05, 0.1) is 17.1 Å². The van der Waals surface area contributed by atoms with Crippen LogP contribution in [0, 0.1) is 11.6 Å². The fourth-order valence-electron chi connectivity index (χ4n) is 2.54. The van der Waals surface area contributed by atoms with Gasteiger partial charge in [0, 0.05) is 11.9 Å². The number of nitrogens with zero attached hydrogens (tertiary/aromatic N) is 2. The molecule has 2 aromatic carbocycles. The van der Waals surface area contributed by atoms with Crippen molar-refractivity contribution in [3.8, 4) is 0 Å². The van der Waals surface area contributed by atoms with E-state index in [0.29, 0.717) is 23.1 Å². The molecule has 0 saturated heterocycles. The lowest BCUT2D eigenvalue weighted by Gasteiger charge is -2.22. The largest absolute Gasteiger partial charge is 0.331 e. The normalized spacial score (nSPS) is 15.8. The van der Waals surface area contributed by atoms with Crippen molar-refractivity contribution in [1.29, 1.82) is 0 Å². The lowest BCUT2D eigenvalue weighted by atomic mass is 10.2. The molecule has 0 amide bonds. The number of halogens is 3. The molecule has 2 aromatic rings. The number of anilines is 3. The Bertz CT molecular complexity index is 845. The second-order valence-electron chi connectivity index (χ2n) is 4.95. The molecule has 0 aliphatic carbocycles. The molecule has 0 radical (unpaired) electrons. The van der Waals surface area contributed by atoms with Gasteiger partial charge in [0.15, 0.2) is 11.6 Å². The molecule has 1 heterocycles. The summed E-state index contributed by atoms with van der Waals surface area (Å²) < 4.78 is 55.5. The van der Waals surface area contributed by atoms with Crippen LogP contribution in [-0.4, -0.2) is 20.3 Å². The van der Waals surface area contributed by atoms with Crippen LogP contribution in [0.2, 0.25) is 0 Å². The van der Waals surface area contributed by atoms with E-state index in [0.717, 1.165) is 10.4 Å². The highest BCUT2D eigenvalue weighted by atomic mass is 79.9. The van der Waals surface area contributed by atoms with Gasteiger partial charge in [0.1, 0.15) is 0 Å². The maximum atomic E-state index is 14.2. The maximum absolute atomic E-state index is 14.2. The minimum atomic E-state index is -4.01. The summed E-state index contributed by atoms with van der Waals surface area (Å²) in [6.07, 6.45) is 0.590. The summed E-state index contributed by atoms with van der Waals surface area (Å²) in [5.74, 6) is -2.28. The maximum Gasteiger partial charge on any atom is 0.331 e. The molecule has 0 spiro atoms. The molecular weight excluding hydrogens is 390 g/mol. The molecule has 122 valence electrons. The Hall–Kier alpha value is -1.67. The third kappa shape index (κ3) is 2.59. The van der Waals surface area contributed by atoms with Crippen molar-refractivity contribution < 1.29 is 17.2 Å². The summed E-state index contributed by atoms with van der Waals surface area (Å²) in [5.41, 5.74) is 0.447. The number of rotatable bonds is 4. The number of benzene rings is 2. The van der Waals surface area contributed by atoms with Gasteiger partial charge in [0.2, 0.25) is 0 Å². The first-order valence-corrected chi connectivity index (χ1v) is 9.42. The van der Waals surface area contributed by atoms with Gasteiger partial charge >= 0.3 is 10.2 Å². The van der Waals surface area contributed by atoms with Crippen LogP contribution in [0.1, 0.15) is 6.42 Å². The zero-order valence-corrected chi connectivity index (χ0v) is 14.3. The van der Waals surface area contributed by atoms with Gasteiger partial charge in [-0.1, -0.05) is 34.1 Å². The van der Waals surface area contributed by atoms with Crippen LogP contribution in [-0.2, 0) is 10.2 Å². The van der Waals surface area contributed by atoms with Crippen molar-refractivity contribution in [3.63, 3.8) is 0 Å². The standard InChI is InChI=1S/C15H13BrF2N2O2S/c16-9-4-10-19-12-6-1-2-7-13(12)20(23(19,21)22)14-8-3-5-11(17)15(14)18/h1-3,5-8H,4,9-10H2. The summed E-state index contributed by atoms with van der Waals surface area (Å²) in [6.45, 7) is 0.248.